The summed E-state index contributed by atoms with van der Waals surface area (Å²) in [6, 6.07) is 22.9. The van der Waals surface area contributed by atoms with Gasteiger partial charge >= 0.3 is 0 Å². The van der Waals surface area contributed by atoms with Gasteiger partial charge in [0.15, 0.2) is 0 Å². The molecule has 1 amide bonds. The second kappa shape index (κ2) is 6.27. The summed E-state index contributed by atoms with van der Waals surface area (Å²) in [6.07, 6.45) is 0.715. The Balaban J connectivity index is 1.57. The Hall–Kier alpha value is -3.47. The van der Waals surface area contributed by atoms with E-state index in [-0.39, 0.29) is 23.4 Å². The van der Waals surface area contributed by atoms with E-state index in [2.05, 4.69) is 41.7 Å². The minimum absolute atomic E-state index is 0.0335. The fourth-order valence-electron chi connectivity index (χ4n) is 5.16. The second-order valence-corrected chi connectivity index (χ2v) is 8.13. The van der Waals surface area contributed by atoms with Crippen LogP contribution in [-0.2, 0) is 4.79 Å². The lowest BCUT2D eigenvalue weighted by Crippen LogP contribution is -2.47. The van der Waals surface area contributed by atoms with E-state index >= 15 is 0 Å². The molecule has 5 heteroatoms. The summed E-state index contributed by atoms with van der Waals surface area (Å²) in [7, 11) is 0. The van der Waals surface area contributed by atoms with E-state index in [0.717, 1.165) is 0 Å². The monoisotopic (exact) mass is 384 g/mol. The van der Waals surface area contributed by atoms with Crippen LogP contribution >= 0.6 is 0 Å². The normalized spacial score (nSPS) is 23.8. The van der Waals surface area contributed by atoms with Crippen LogP contribution in [0.3, 0.4) is 0 Å². The lowest BCUT2D eigenvalue weighted by molar-refractivity contribution is -0.384. The van der Waals surface area contributed by atoms with Gasteiger partial charge in [0.1, 0.15) is 0 Å². The number of amides is 1. The van der Waals surface area contributed by atoms with Crippen LogP contribution in [0.5, 0.6) is 0 Å². The number of carbonyl (C=O) groups is 1. The van der Waals surface area contributed by atoms with Crippen LogP contribution in [0.2, 0.25) is 0 Å². The first-order chi connectivity index (χ1) is 14.0. The van der Waals surface area contributed by atoms with Crippen LogP contribution in [0.1, 0.15) is 47.4 Å². The molecule has 1 atom stereocenters. The lowest BCUT2D eigenvalue weighted by atomic mass is 9.52. The van der Waals surface area contributed by atoms with Gasteiger partial charge in [-0.1, -0.05) is 54.6 Å². The second-order valence-electron chi connectivity index (χ2n) is 8.13. The molecule has 0 aliphatic heterocycles. The van der Waals surface area contributed by atoms with Crippen molar-refractivity contribution >= 4 is 17.3 Å². The molecule has 0 radical (unpaired) electrons. The van der Waals surface area contributed by atoms with Crippen molar-refractivity contribution in [2.75, 3.05) is 5.32 Å². The molecule has 3 aromatic carbocycles. The van der Waals surface area contributed by atoms with Gasteiger partial charge in [-0.3, -0.25) is 14.9 Å². The van der Waals surface area contributed by atoms with Crippen LogP contribution in [-0.4, -0.2) is 10.8 Å². The van der Waals surface area contributed by atoms with Crippen LogP contribution in [0.25, 0.3) is 0 Å². The molecule has 0 unspecified atom stereocenters. The molecule has 144 valence electrons. The summed E-state index contributed by atoms with van der Waals surface area (Å²) in [5, 5.41) is 14.0. The molecule has 0 spiro atoms. The first-order valence-corrected chi connectivity index (χ1v) is 9.72. The molecule has 3 aliphatic rings. The third-order valence-corrected chi connectivity index (χ3v) is 6.46. The zero-order chi connectivity index (χ0) is 20.2. The van der Waals surface area contributed by atoms with Crippen molar-refractivity contribution in [3.63, 3.8) is 0 Å². The zero-order valence-corrected chi connectivity index (χ0v) is 16.0. The van der Waals surface area contributed by atoms with Gasteiger partial charge in [0, 0.05) is 29.7 Å². The number of benzene rings is 3. The number of nitro groups is 1. The molecule has 0 aromatic heterocycles. The first kappa shape index (κ1) is 17.6. The molecule has 1 N–H and O–H groups in total. The van der Waals surface area contributed by atoms with Crippen LogP contribution in [0.4, 0.5) is 11.4 Å². The number of carbonyl (C=O) groups excluding carboxylic acids is 1. The minimum Gasteiger partial charge on any atom is -0.325 e. The molecule has 3 aliphatic carbocycles. The van der Waals surface area contributed by atoms with Crippen LogP contribution in [0.15, 0.2) is 72.8 Å². The number of nitrogens with zero attached hydrogens (tertiary/aromatic N) is 1. The van der Waals surface area contributed by atoms with Crippen molar-refractivity contribution < 1.29 is 9.72 Å². The number of nitro benzene ring substituents is 1. The maximum Gasteiger partial charge on any atom is 0.271 e. The van der Waals surface area contributed by atoms with Crippen molar-refractivity contribution in [2.45, 2.75) is 25.2 Å². The molecule has 2 bridgehead atoms. The summed E-state index contributed by atoms with van der Waals surface area (Å²) in [4.78, 5) is 24.1. The topological polar surface area (TPSA) is 72.2 Å². The molecular formula is C24H20N2O3. The van der Waals surface area contributed by atoms with Gasteiger partial charge in [0.05, 0.1) is 10.3 Å². The van der Waals surface area contributed by atoms with E-state index in [1.807, 2.05) is 19.1 Å². The Morgan fingerprint density at radius 2 is 1.55 bits per heavy atom. The van der Waals surface area contributed by atoms with Gasteiger partial charge in [-0.2, -0.15) is 0 Å². The number of anilines is 1. The maximum absolute atomic E-state index is 13.5. The standard InChI is InChI=1S/C24H20N2O3/c1-24(23(27)25-15-7-6-8-16(13-15)26(28)29)14-21-17-9-2-4-11-19(17)22(24)20-12-5-3-10-18(20)21/h2-13,21-22H,14H2,1H3,(H,25,27)/t21?,22?,24-/m1/s1. The molecule has 0 fully saturated rings. The highest BCUT2D eigenvalue weighted by Gasteiger charge is 2.53. The van der Waals surface area contributed by atoms with E-state index in [0.29, 0.717) is 12.1 Å². The predicted octanol–water partition coefficient (Wildman–Crippen LogP) is 5.22. The third kappa shape index (κ3) is 2.58. The molecule has 0 heterocycles. The van der Waals surface area contributed by atoms with E-state index < -0.39 is 10.3 Å². The molecular weight excluding hydrogens is 364 g/mol. The third-order valence-electron chi connectivity index (χ3n) is 6.46. The molecule has 5 nitrogen and oxygen atoms in total. The summed E-state index contributed by atoms with van der Waals surface area (Å²) < 4.78 is 0. The number of hydrogen-bond acceptors (Lipinski definition) is 3. The quantitative estimate of drug-likeness (QED) is 0.497. The van der Waals surface area contributed by atoms with Gasteiger partial charge in [-0.25, -0.2) is 0 Å². The van der Waals surface area contributed by atoms with Crippen molar-refractivity contribution in [2.24, 2.45) is 5.41 Å². The lowest BCUT2D eigenvalue weighted by Gasteiger charge is -2.50. The van der Waals surface area contributed by atoms with Gasteiger partial charge in [-0.15, -0.1) is 0 Å². The summed E-state index contributed by atoms with van der Waals surface area (Å²) in [5.74, 6) is 0.0314. The van der Waals surface area contributed by atoms with Gasteiger partial charge < -0.3 is 5.32 Å². The van der Waals surface area contributed by atoms with Crippen molar-refractivity contribution in [1.82, 2.24) is 0 Å². The Kier molecular flexibility index (Phi) is 3.81. The average Bonchev–Trinajstić information content (AvgIpc) is 2.74. The summed E-state index contributed by atoms with van der Waals surface area (Å²) >= 11 is 0. The number of fused-ring (bicyclic) bond motifs is 1. The number of non-ortho nitro benzene ring substituents is 1. The highest BCUT2D eigenvalue weighted by atomic mass is 16.6. The van der Waals surface area contributed by atoms with Gasteiger partial charge in [-0.05, 0) is 41.7 Å². The van der Waals surface area contributed by atoms with Crippen molar-refractivity contribution in [1.29, 1.82) is 0 Å². The average molecular weight is 384 g/mol. The summed E-state index contributed by atoms with van der Waals surface area (Å²) in [5.41, 5.74) is 4.80. The SMILES string of the molecule is C[C@@]1(C(=O)Nc2cccc([N+](=O)[O-])c2)CC2c3ccccc3C1c1ccccc12. The van der Waals surface area contributed by atoms with E-state index in [1.54, 1.807) is 12.1 Å². The smallest absolute Gasteiger partial charge is 0.271 e. The number of rotatable bonds is 3. The minimum atomic E-state index is -0.641. The van der Waals surface area contributed by atoms with Crippen molar-refractivity contribution in [3.05, 3.63) is 105 Å². The Labute approximate surface area is 168 Å². The largest absolute Gasteiger partial charge is 0.325 e. The van der Waals surface area contributed by atoms with Crippen molar-refractivity contribution in [3.8, 4) is 0 Å². The predicted molar refractivity (Wildman–Crippen MR) is 111 cm³/mol. The fraction of sp³-hybridized carbons (Fsp3) is 0.208. The highest BCUT2D eigenvalue weighted by Crippen LogP contribution is 2.61. The number of hydrogen-bond donors (Lipinski definition) is 1. The van der Waals surface area contributed by atoms with E-state index in [1.165, 1.54) is 34.4 Å². The van der Waals surface area contributed by atoms with Crippen LogP contribution < -0.4 is 5.32 Å². The first-order valence-electron chi connectivity index (χ1n) is 9.72. The number of nitrogens with one attached hydrogen (secondary N) is 1. The Morgan fingerprint density at radius 1 is 0.966 bits per heavy atom. The highest BCUT2D eigenvalue weighted by molar-refractivity contribution is 5.97. The van der Waals surface area contributed by atoms with Gasteiger partial charge in [0.2, 0.25) is 5.91 Å². The Morgan fingerprint density at radius 3 is 2.14 bits per heavy atom. The van der Waals surface area contributed by atoms with E-state index in [4.69, 9.17) is 0 Å². The zero-order valence-electron chi connectivity index (χ0n) is 16.0. The van der Waals surface area contributed by atoms with E-state index in [9.17, 15) is 14.9 Å². The van der Waals surface area contributed by atoms with Gasteiger partial charge in [0.25, 0.3) is 5.69 Å². The molecule has 29 heavy (non-hydrogen) atoms. The Bertz CT molecular complexity index is 1110. The molecule has 0 saturated heterocycles. The molecule has 3 aromatic rings. The summed E-state index contributed by atoms with van der Waals surface area (Å²) in [6.45, 7) is 2.02. The fourth-order valence-corrected chi connectivity index (χ4v) is 5.16. The maximum atomic E-state index is 13.5. The molecule has 0 saturated carbocycles. The van der Waals surface area contributed by atoms with Crippen LogP contribution in [0, 0.1) is 15.5 Å². The molecule has 6 rings (SSSR count).